The average Bonchev–Trinajstić information content (AvgIpc) is 3.78. The third-order valence-corrected chi connectivity index (χ3v) is 11.3. The minimum atomic E-state index is -4.09. The fourth-order valence-corrected chi connectivity index (χ4v) is 8.17. The SMILES string of the molecule is CCCCC1=NC2(CCCC2)C(=O)N1Cc1ccc(-c2ccccc2S(=O)(=O)Nc2noc(C)c2C)c(CN(C)C(=O)Cc2ccccc2)c1. The molecule has 0 unspecified atom stereocenters. The van der Waals surface area contributed by atoms with Crippen molar-refractivity contribution in [3.05, 3.63) is 101 Å². The van der Waals surface area contributed by atoms with Gasteiger partial charge in [0.25, 0.3) is 15.9 Å². The molecule has 0 radical (unpaired) electrons. The number of likely N-dealkylation sites (N-methyl/N-ethyl adjacent to an activating group) is 1. The number of nitrogens with one attached hydrogen (secondary N) is 1. The van der Waals surface area contributed by atoms with Crippen molar-refractivity contribution in [2.24, 2.45) is 4.99 Å². The Labute approximate surface area is 294 Å². The lowest BCUT2D eigenvalue weighted by Crippen LogP contribution is -2.40. The van der Waals surface area contributed by atoms with Crippen molar-refractivity contribution in [2.45, 2.75) is 95.7 Å². The highest BCUT2D eigenvalue weighted by Crippen LogP contribution is 2.40. The van der Waals surface area contributed by atoms with Gasteiger partial charge in [0.2, 0.25) is 5.91 Å². The van der Waals surface area contributed by atoms with Gasteiger partial charge in [0.1, 0.15) is 17.1 Å². The number of anilines is 1. The number of rotatable bonds is 13. The number of hydrogen-bond acceptors (Lipinski definition) is 7. The molecular formula is C39H45N5O5S. The minimum Gasteiger partial charge on any atom is -0.359 e. The Hall–Kier alpha value is -4.77. The highest BCUT2D eigenvalue weighted by atomic mass is 32.2. The Bertz CT molecular complexity index is 2020. The van der Waals surface area contributed by atoms with Gasteiger partial charge in [0, 0.05) is 31.1 Å². The van der Waals surface area contributed by atoms with Crippen LogP contribution in [-0.2, 0) is 39.1 Å². The van der Waals surface area contributed by atoms with Gasteiger partial charge >= 0.3 is 0 Å². The second kappa shape index (κ2) is 14.6. The normalized spacial score (nSPS) is 15.5. The highest BCUT2D eigenvalue weighted by Gasteiger charge is 2.49. The molecule has 1 spiro atoms. The third kappa shape index (κ3) is 7.23. The fourth-order valence-electron chi connectivity index (χ4n) is 6.89. The summed E-state index contributed by atoms with van der Waals surface area (Å²) in [6, 6.07) is 22.2. The third-order valence-electron chi connectivity index (χ3n) is 9.88. The summed E-state index contributed by atoms with van der Waals surface area (Å²) in [6.07, 6.45) is 6.49. The first-order chi connectivity index (χ1) is 24.0. The molecule has 2 heterocycles. The number of aryl methyl sites for hydroxylation is 1. The Morgan fingerprint density at radius 3 is 2.40 bits per heavy atom. The molecule has 1 aromatic heterocycles. The Morgan fingerprint density at radius 2 is 1.70 bits per heavy atom. The van der Waals surface area contributed by atoms with E-state index in [-0.39, 0.29) is 35.5 Å². The molecule has 3 aromatic carbocycles. The number of amides is 2. The smallest absolute Gasteiger partial charge is 0.263 e. The monoisotopic (exact) mass is 695 g/mol. The van der Waals surface area contributed by atoms with Crippen LogP contribution in [-0.4, -0.2) is 53.6 Å². The summed E-state index contributed by atoms with van der Waals surface area (Å²) >= 11 is 0. The lowest BCUT2D eigenvalue weighted by Gasteiger charge is -2.24. The molecule has 4 aromatic rings. The van der Waals surface area contributed by atoms with E-state index in [1.807, 2.05) is 53.4 Å². The Balaban J connectivity index is 1.37. The molecule has 0 atom stereocenters. The molecule has 262 valence electrons. The van der Waals surface area contributed by atoms with E-state index in [0.29, 0.717) is 29.0 Å². The van der Waals surface area contributed by atoms with E-state index in [2.05, 4.69) is 16.8 Å². The number of nitrogens with zero attached hydrogens (tertiary/aromatic N) is 4. The largest absolute Gasteiger partial charge is 0.359 e. The van der Waals surface area contributed by atoms with Crippen molar-refractivity contribution in [1.82, 2.24) is 15.0 Å². The Morgan fingerprint density at radius 1 is 0.980 bits per heavy atom. The molecule has 50 heavy (non-hydrogen) atoms. The zero-order valence-corrected chi connectivity index (χ0v) is 30.1. The summed E-state index contributed by atoms with van der Waals surface area (Å²) in [5, 5.41) is 3.91. The lowest BCUT2D eigenvalue weighted by molar-refractivity contribution is -0.131. The number of amidine groups is 1. The lowest BCUT2D eigenvalue weighted by atomic mass is 9.95. The molecule has 10 nitrogen and oxygen atoms in total. The van der Waals surface area contributed by atoms with Gasteiger partial charge in [0.15, 0.2) is 5.82 Å². The van der Waals surface area contributed by atoms with Gasteiger partial charge in [-0.2, -0.15) is 0 Å². The molecule has 2 amide bonds. The standard InChI is InChI=1S/C39H45N5O5S/c1-5-6-18-35-40-39(21-12-13-22-39)38(46)44(35)25-30-19-20-32(31(23-30)26-43(4)36(45)24-29-14-8-7-9-15-29)33-16-10-11-17-34(33)50(47,48)42-37-27(2)28(3)49-41-37/h7-11,14-17,19-20,23H,5-6,12-13,18,21-22,24-26H2,1-4H3,(H,41,42). The number of unbranched alkanes of at least 4 members (excludes halogenated alkanes) is 1. The average molecular weight is 696 g/mol. The van der Waals surface area contributed by atoms with E-state index in [9.17, 15) is 18.0 Å². The summed E-state index contributed by atoms with van der Waals surface area (Å²) in [5.41, 5.74) is 3.66. The number of benzene rings is 3. The number of carbonyl (C=O) groups is 2. The van der Waals surface area contributed by atoms with Crippen molar-refractivity contribution in [3.8, 4) is 11.1 Å². The van der Waals surface area contributed by atoms with E-state index >= 15 is 0 Å². The highest BCUT2D eigenvalue weighted by molar-refractivity contribution is 7.92. The van der Waals surface area contributed by atoms with Gasteiger partial charge in [-0.1, -0.05) is 98.1 Å². The molecule has 2 aliphatic rings. The van der Waals surface area contributed by atoms with Gasteiger partial charge in [-0.3, -0.25) is 24.2 Å². The van der Waals surface area contributed by atoms with Gasteiger partial charge in [0.05, 0.1) is 17.9 Å². The van der Waals surface area contributed by atoms with Gasteiger partial charge in [-0.05, 0) is 61.4 Å². The number of hydrogen-bond donors (Lipinski definition) is 1. The van der Waals surface area contributed by atoms with Gasteiger partial charge in [-0.25, -0.2) is 8.42 Å². The summed E-state index contributed by atoms with van der Waals surface area (Å²) in [5.74, 6) is 1.51. The molecular weight excluding hydrogens is 651 g/mol. The maximum Gasteiger partial charge on any atom is 0.263 e. The van der Waals surface area contributed by atoms with Gasteiger partial charge in [-0.15, -0.1) is 0 Å². The van der Waals surface area contributed by atoms with Crippen molar-refractivity contribution in [2.75, 3.05) is 11.8 Å². The molecule has 0 saturated heterocycles. The number of sulfonamides is 1. The first kappa shape index (κ1) is 35.1. The minimum absolute atomic E-state index is 0.0687. The molecule has 6 rings (SSSR count). The van der Waals surface area contributed by atoms with Crippen molar-refractivity contribution >= 4 is 33.5 Å². The Kier molecular flexibility index (Phi) is 10.2. The predicted octanol–water partition coefficient (Wildman–Crippen LogP) is 7.20. The maximum atomic E-state index is 13.9. The van der Waals surface area contributed by atoms with Crippen LogP contribution in [0.25, 0.3) is 11.1 Å². The quantitative estimate of drug-likeness (QED) is 0.158. The summed E-state index contributed by atoms with van der Waals surface area (Å²) in [6.45, 7) is 6.18. The van der Waals surface area contributed by atoms with E-state index in [1.54, 1.807) is 50.1 Å². The molecule has 1 saturated carbocycles. The van der Waals surface area contributed by atoms with Crippen molar-refractivity contribution in [3.63, 3.8) is 0 Å². The van der Waals surface area contributed by atoms with E-state index in [1.165, 1.54) is 0 Å². The molecule has 1 N–H and O–H groups in total. The van der Waals surface area contributed by atoms with Crippen LogP contribution in [0.3, 0.4) is 0 Å². The summed E-state index contributed by atoms with van der Waals surface area (Å²) in [7, 11) is -2.34. The molecule has 1 aliphatic carbocycles. The van der Waals surface area contributed by atoms with Gasteiger partial charge < -0.3 is 9.42 Å². The molecule has 1 aliphatic heterocycles. The number of carbonyl (C=O) groups excluding carboxylic acids is 2. The number of aromatic nitrogens is 1. The van der Waals surface area contributed by atoms with Crippen LogP contribution in [0.2, 0.25) is 0 Å². The summed E-state index contributed by atoms with van der Waals surface area (Å²) < 4.78 is 35.5. The first-order valence-corrected chi connectivity index (χ1v) is 18.8. The van der Waals surface area contributed by atoms with Crippen molar-refractivity contribution < 1.29 is 22.5 Å². The summed E-state index contributed by atoms with van der Waals surface area (Å²) in [4.78, 5) is 36.0. The van der Waals surface area contributed by atoms with E-state index < -0.39 is 15.6 Å². The molecule has 1 fully saturated rings. The first-order valence-electron chi connectivity index (χ1n) is 17.4. The van der Waals surface area contributed by atoms with Crippen LogP contribution in [0.5, 0.6) is 0 Å². The zero-order chi connectivity index (χ0) is 35.5. The van der Waals surface area contributed by atoms with Crippen LogP contribution < -0.4 is 4.72 Å². The second-order valence-electron chi connectivity index (χ2n) is 13.5. The topological polar surface area (TPSA) is 125 Å². The second-order valence-corrected chi connectivity index (χ2v) is 15.1. The van der Waals surface area contributed by atoms with Crippen LogP contribution >= 0.6 is 0 Å². The number of aliphatic imine (C=N–C) groups is 1. The molecule has 11 heteroatoms. The van der Waals surface area contributed by atoms with Crippen LogP contribution in [0.4, 0.5) is 5.82 Å². The van der Waals surface area contributed by atoms with Crippen LogP contribution in [0.15, 0.2) is 87.2 Å². The predicted molar refractivity (Wildman–Crippen MR) is 194 cm³/mol. The van der Waals surface area contributed by atoms with Crippen LogP contribution in [0.1, 0.15) is 79.9 Å². The van der Waals surface area contributed by atoms with E-state index in [0.717, 1.165) is 67.5 Å². The van der Waals surface area contributed by atoms with Crippen LogP contribution in [0, 0.1) is 13.8 Å². The van der Waals surface area contributed by atoms with E-state index in [4.69, 9.17) is 9.52 Å². The zero-order valence-electron chi connectivity index (χ0n) is 29.2. The van der Waals surface area contributed by atoms with Crippen molar-refractivity contribution in [1.29, 1.82) is 0 Å². The molecule has 0 bridgehead atoms. The fraction of sp³-hybridized carbons (Fsp3) is 0.385. The maximum absolute atomic E-state index is 13.9.